The zero-order valence-electron chi connectivity index (χ0n) is 11.0. The van der Waals surface area contributed by atoms with E-state index in [-0.39, 0.29) is 24.4 Å². The SMILES string of the molecule is NC(=O)c1cn(C2CC(O)C(CO)O2)c2ncnc(N)c12. The van der Waals surface area contributed by atoms with Crippen molar-refractivity contribution in [1.29, 1.82) is 0 Å². The van der Waals surface area contributed by atoms with Gasteiger partial charge in [-0.3, -0.25) is 4.79 Å². The lowest BCUT2D eigenvalue weighted by Gasteiger charge is -2.14. The average Bonchev–Trinajstić information content (AvgIpc) is 3.00. The highest BCUT2D eigenvalue weighted by atomic mass is 16.5. The van der Waals surface area contributed by atoms with Crippen molar-refractivity contribution in [2.75, 3.05) is 12.3 Å². The predicted molar refractivity (Wildman–Crippen MR) is 72.1 cm³/mol. The number of ether oxygens (including phenoxy) is 1. The summed E-state index contributed by atoms with van der Waals surface area (Å²) in [5, 5.41) is 19.3. The standard InChI is InChI=1S/C12H15N5O4/c13-10-9-5(11(14)20)2-17(12(9)16-4-15-10)8-1-6(19)7(3-18)21-8/h2,4,6-8,18-19H,1,3H2,(H2,14,20)(H2,13,15,16). The summed E-state index contributed by atoms with van der Waals surface area (Å²) in [4.78, 5) is 19.5. The molecule has 0 aliphatic carbocycles. The van der Waals surface area contributed by atoms with E-state index in [2.05, 4.69) is 9.97 Å². The molecule has 6 N–H and O–H groups in total. The van der Waals surface area contributed by atoms with E-state index in [0.717, 1.165) is 0 Å². The highest BCUT2D eigenvalue weighted by Gasteiger charge is 2.35. The first-order chi connectivity index (χ1) is 10.0. The molecule has 3 rings (SSSR count). The highest BCUT2D eigenvalue weighted by molar-refractivity contribution is 6.08. The molecule has 0 radical (unpaired) electrons. The van der Waals surface area contributed by atoms with Crippen LogP contribution in [0.1, 0.15) is 23.0 Å². The molecule has 1 saturated heterocycles. The van der Waals surface area contributed by atoms with E-state index in [1.54, 1.807) is 4.57 Å². The first-order valence-electron chi connectivity index (χ1n) is 6.38. The Bertz CT molecular complexity index is 700. The van der Waals surface area contributed by atoms with Crippen LogP contribution in [-0.2, 0) is 4.74 Å². The topological polar surface area (TPSA) is 150 Å². The molecule has 9 nitrogen and oxygen atoms in total. The molecule has 1 amide bonds. The number of fused-ring (bicyclic) bond motifs is 1. The minimum Gasteiger partial charge on any atom is -0.394 e. The van der Waals surface area contributed by atoms with Crippen LogP contribution in [0.25, 0.3) is 11.0 Å². The Morgan fingerprint density at radius 1 is 1.52 bits per heavy atom. The van der Waals surface area contributed by atoms with E-state index in [9.17, 15) is 9.90 Å². The van der Waals surface area contributed by atoms with Gasteiger partial charge in [-0.1, -0.05) is 0 Å². The van der Waals surface area contributed by atoms with Crippen molar-refractivity contribution >= 4 is 22.8 Å². The molecular weight excluding hydrogens is 278 g/mol. The number of rotatable bonds is 3. The number of hydrogen-bond acceptors (Lipinski definition) is 7. The molecule has 3 unspecified atom stereocenters. The molecule has 0 aromatic carbocycles. The number of carbonyl (C=O) groups excluding carboxylic acids is 1. The zero-order valence-corrected chi connectivity index (χ0v) is 11.0. The molecule has 2 aromatic rings. The molecule has 3 heterocycles. The van der Waals surface area contributed by atoms with E-state index in [4.69, 9.17) is 21.3 Å². The van der Waals surface area contributed by atoms with E-state index < -0.39 is 24.3 Å². The van der Waals surface area contributed by atoms with Crippen LogP contribution in [0.3, 0.4) is 0 Å². The number of anilines is 1. The maximum absolute atomic E-state index is 11.5. The van der Waals surface area contributed by atoms with Gasteiger partial charge in [0.25, 0.3) is 5.91 Å². The monoisotopic (exact) mass is 293 g/mol. The molecule has 0 spiro atoms. The second kappa shape index (κ2) is 4.95. The molecule has 9 heteroatoms. The van der Waals surface area contributed by atoms with Crippen molar-refractivity contribution in [2.45, 2.75) is 24.9 Å². The van der Waals surface area contributed by atoms with Crippen LogP contribution < -0.4 is 11.5 Å². The van der Waals surface area contributed by atoms with Gasteiger partial charge in [-0.15, -0.1) is 0 Å². The number of nitrogens with two attached hydrogens (primary N) is 2. The Kier molecular flexibility index (Phi) is 3.24. The fourth-order valence-electron chi connectivity index (χ4n) is 2.56. The van der Waals surface area contributed by atoms with Crippen molar-refractivity contribution in [1.82, 2.24) is 14.5 Å². The summed E-state index contributed by atoms with van der Waals surface area (Å²) in [6.07, 6.45) is 0.972. The first kappa shape index (κ1) is 13.7. The summed E-state index contributed by atoms with van der Waals surface area (Å²) in [5.74, 6) is -0.512. The smallest absolute Gasteiger partial charge is 0.251 e. The fraction of sp³-hybridized carbons (Fsp3) is 0.417. The predicted octanol–water partition coefficient (Wildman–Crippen LogP) is -1.25. The summed E-state index contributed by atoms with van der Waals surface area (Å²) in [6, 6.07) is 0. The van der Waals surface area contributed by atoms with E-state index in [1.807, 2.05) is 0 Å². The van der Waals surface area contributed by atoms with Crippen LogP contribution in [0.5, 0.6) is 0 Å². The van der Waals surface area contributed by atoms with Gasteiger partial charge < -0.3 is 31.0 Å². The van der Waals surface area contributed by atoms with Crippen LogP contribution in [0.2, 0.25) is 0 Å². The Morgan fingerprint density at radius 3 is 2.90 bits per heavy atom. The number of amides is 1. The number of aromatic nitrogens is 3. The molecule has 112 valence electrons. The first-order valence-corrected chi connectivity index (χ1v) is 6.38. The summed E-state index contributed by atoms with van der Waals surface area (Å²) >= 11 is 0. The molecule has 0 bridgehead atoms. The van der Waals surface area contributed by atoms with E-state index in [0.29, 0.717) is 11.0 Å². The molecule has 1 aliphatic rings. The van der Waals surface area contributed by atoms with Gasteiger partial charge in [-0.05, 0) is 0 Å². The van der Waals surface area contributed by atoms with Crippen molar-refractivity contribution in [3.8, 4) is 0 Å². The van der Waals surface area contributed by atoms with Crippen LogP contribution in [0.15, 0.2) is 12.5 Å². The zero-order chi connectivity index (χ0) is 15.1. The Balaban J connectivity index is 2.12. The largest absolute Gasteiger partial charge is 0.394 e. The van der Waals surface area contributed by atoms with Crippen molar-refractivity contribution in [3.63, 3.8) is 0 Å². The molecule has 21 heavy (non-hydrogen) atoms. The normalized spacial score (nSPS) is 25.5. The molecule has 1 aliphatic heterocycles. The Hall–Kier alpha value is -2.23. The van der Waals surface area contributed by atoms with Gasteiger partial charge in [0, 0.05) is 12.6 Å². The van der Waals surface area contributed by atoms with Crippen molar-refractivity contribution in [2.24, 2.45) is 5.73 Å². The van der Waals surface area contributed by atoms with E-state index in [1.165, 1.54) is 12.5 Å². The maximum atomic E-state index is 11.5. The van der Waals surface area contributed by atoms with Gasteiger partial charge >= 0.3 is 0 Å². The van der Waals surface area contributed by atoms with E-state index >= 15 is 0 Å². The highest BCUT2D eigenvalue weighted by Crippen LogP contribution is 2.33. The van der Waals surface area contributed by atoms with Gasteiger partial charge in [0.2, 0.25) is 0 Å². The number of aliphatic hydroxyl groups is 2. The summed E-state index contributed by atoms with van der Waals surface area (Å²) in [6.45, 7) is -0.295. The average molecular weight is 293 g/mol. The third kappa shape index (κ3) is 2.11. The van der Waals surface area contributed by atoms with Crippen LogP contribution in [0.4, 0.5) is 5.82 Å². The van der Waals surface area contributed by atoms with Gasteiger partial charge in [0.15, 0.2) is 0 Å². The summed E-state index contributed by atoms with van der Waals surface area (Å²) in [5.41, 5.74) is 11.7. The Labute approximate surface area is 119 Å². The summed E-state index contributed by atoms with van der Waals surface area (Å²) < 4.78 is 7.14. The number of carbonyl (C=O) groups is 1. The third-order valence-electron chi connectivity index (χ3n) is 3.60. The second-order valence-corrected chi connectivity index (χ2v) is 4.89. The van der Waals surface area contributed by atoms with Crippen LogP contribution in [-0.4, -0.2) is 49.5 Å². The quantitative estimate of drug-likeness (QED) is 0.552. The number of nitrogen functional groups attached to an aromatic ring is 1. The maximum Gasteiger partial charge on any atom is 0.251 e. The lowest BCUT2D eigenvalue weighted by atomic mass is 10.2. The van der Waals surface area contributed by atoms with Crippen molar-refractivity contribution in [3.05, 3.63) is 18.1 Å². The van der Waals surface area contributed by atoms with Gasteiger partial charge in [0.1, 0.15) is 30.1 Å². The second-order valence-electron chi connectivity index (χ2n) is 4.89. The molecule has 2 aromatic heterocycles. The minimum absolute atomic E-state index is 0.143. The van der Waals surface area contributed by atoms with Crippen LogP contribution >= 0.6 is 0 Å². The lowest BCUT2D eigenvalue weighted by molar-refractivity contribution is -0.0430. The lowest BCUT2D eigenvalue weighted by Crippen LogP contribution is -2.24. The third-order valence-corrected chi connectivity index (χ3v) is 3.60. The summed E-state index contributed by atoms with van der Waals surface area (Å²) in [7, 11) is 0. The van der Waals surface area contributed by atoms with Gasteiger partial charge in [-0.2, -0.15) is 0 Å². The van der Waals surface area contributed by atoms with Crippen LogP contribution in [0, 0.1) is 0 Å². The molecular formula is C12H15N5O4. The number of aliphatic hydroxyl groups excluding tert-OH is 2. The number of nitrogens with zero attached hydrogens (tertiary/aromatic N) is 3. The Morgan fingerprint density at radius 2 is 2.29 bits per heavy atom. The van der Waals surface area contributed by atoms with Crippen molar-refractivity contribution < 1.29 is 19.7 Å². The fourth-order valence-corrected chi connectivity index (χ4v) is 2.56. The minimum atomic E-state index is -0.798. The van der Waals surface area contributed by atoms with Gasteiger partial charge in [-0.25, -0.2) is 9.97 Å². The molecule has 1 fully saturated rings. The molecule has 0 saturated carbocycles. The number of hydrogen-bond donors (Lipinski definition) is 4. The number of primary amides is 1. The van der Waals surface area contributed by atoms with Gasteiger partial charge in [0.05, 0.1) is 23.7 Å². The molecule has 3 atom stereocenters.